The molecule has 100 valence electrons. The van der Waals surface area contributed by atoms with Crippen LogP contribution in [0, 0.1) is 0 Å². The van der Waals surface area contributed by atoms with E-state index in [1.807, 2.05) is 55.5 Å². The summed E-state index contributed by atoms with van der Waals surface area (Å²) in [4.78, 5) is 12.1. The van der Waals surface area contributed by atoms with E-state index < -0.39 is 0 Å². The van der Waals surface area contributed by atoms with E-state index in [1.165, 1.54) is 0 Å². The SMILES string of the molecule is CC(NC(=O)c1ccccc1)c1cc2ccccc2o1. The first-order chi connectivity index (χ1) is 9.74. The highest BCUT2D eigenvalue weighted by Crippen LogP contribution is 2.23. The third-order valence-electron chi connectivity index (χ3n) is 3.25. The number of nitrogens with one attached hydrogen (secondary N) is 1. The van der Waals surface area contributed by atoms with E-state index in [2.05, 4.69) is 5.32 Å². The molecule has 20 heavy (non-hydrogen) atoms. The van der Waals surface area contributed by atoms with Crippen molar-refractivity contribution in [1.82, 2.24) is 5.32 Å². The molecule has 1 atom stereocenters. The van der Waals surface area contributed by atoms with Crippen molar-refractivity contribution in [1.29, 1.82) is 0 Å². The molecule has 0 bridgehead atoms. The first-order valence-electron chi connectivity index (χ1n) is 6.58. The van der Waals surface area contributed by atoms with Crippen molar-refractivity contribution in [3.63, 3.8) is 0 Å². The summed E-state index contributed by atoms with van der Waals surface area (Å²) in [5, 5.41) is 3.99. The van der Waals surface area contributed by atoms with Gasteiger partial charge >= 0.3 is 0 Å². The average Bonchev–Trinajstić information content (AvgIpc) is 2.92. The van der Waals surface area contributed by atoms with Crippen molar-refractivity contribution in [2.75, 3.05) is 0 Å². The molecule has 1 amide bonds. The Kier molecular flexibility index (Phi) is 3.25. The van der Waals surface area contributed by atoms with E-state index in [1.54, 1.807) is 12.1 Å². The second kappa shape index (κ2) is 5.21. The molecule has 1 aromatic heterocycles. The van der Waals surface area contributed by atoms with Crippen LogP contribution in [-0.2, 0) is 0 Å². The Bertz CT molecular complexity index is 698. The molecular weight excluding hydrogens is 250 g/mol. The van der Waals surface area contributed by atoms with Gasteiger partial charge in [-0.15, -0.1) is 0 Å². The number of hydrogen-bond acceptors (Lipinski definition) is 2. The molecule has 1 heterocycles. The Morgan fingerprint density at radius 2 is 1.75 bits per heavy atom. The van der Waals surface area contributed by atoms with Crippen LogP contribution in [0.3, 0.4) is 0 Å². The molecule has 0 radical (unpaired) electrons. The van der Waals surface area contributed by atoms with Crippen molar-refractivity contribution < 1.29 is 9.21 Å². The van der Waals surface area contributed by atoms with E-state index in [0.717, 1.165) is 16.7 Å². The van der Waals surface area contributed by atoms with Crippen LogP contribution in [-0.4, -0.2) is 5.91 Å². The fourth-order valence-electron chi connectivity index (χ4n) is 2.16. The summed E-state index contributed by atoms with van der Waals surface area (Å²) >= 11 is 0. The maximum atomic E-state index is 12.1. The number of carbonyl (C=O) groups is 1. The van der Waals surface area contributed by atoms with E-state index in [-0.39, 0.29) is 11.9 Å². The molecule has 3 aromatic rings. The molecule has 0 aliphatic heterocycles. The number of amides is 1. The van der Waals surface area contributed by atoms with Crippen molar-refractivity contribution >= 4 is 16.9 Å². The molecule has 0 aliphatic rings. The lowest BCUT2D eigenvalue weighted by molar-refractivity contribution is 0.0935. The van der Waals surface area contributed by atoms with Gasteiger partial charge in [-0.2, -0.15) is 0 Å². The summed E-state index contributed by atoms with van der Waals surface area (Å²) in [7, 11) is 0. The second-order valence-corrected chi connectivity index (χ2v) is 4.75. The minimum absolute atomic E-state index is 0.0986. The van der Waals surface area contributed by atoms with Crippen LogP contribution in [0.5, 0.6) is 0 Å². The van der Waals surface area contributed by atoms with Crippen molar-refractivity contribution in [2.24, 2.45) is 0 Å². The van der Waals surface area contributed by atoms with Gasteiger partial charge in [0, 0.05) is 10.9 Å². The first kappa shape index (κ1) is 12.5. The Labute approximate surface area is 117 Å². The van der Waals surface area contributed by atoms with Crippen molar-refractivity contribution in [3.05, 3.63) is 72.0 Å². The maximum Gasteiger partial charge on any atom is 0.251 e. The number of furan rings is 1. The lowest BCUT2D eigenvalue weighted by Gasteiger charge is -2.11. The minimum Gasteiger partial charge on any atom is -0.459 e. The Hall–Kier alpha value is -2.55. The monoisotopic (exact) mass is 265 g/mol. The predicted octanol–water partition coefficient (Wildman–Crippen LogP) is 3.92. The van der Waals surface area contributed by atoms with Crippen LogP contribution in [0.4, 0.5) is 0 Å². The average molecular weight is 265 g/mol. The highest BCUT2D eigenvalue weighted by molar-refractivity contribution is 5.94. The van der Waals surface area contributed by atoms with E-state index >= 15 is 0 Å². The standard InChI is InChI=1S/C17H15NO2/c1-12(18-17(19)13-7-3-2-4-8-13)16-11-14-9-5-6-10-15(14)20-16/h2-12H,1H3,(H,18,19). The largest absolute Gasteiger partial charge is 0.459 e. The van der Waals surface area contributed by atoms with Gasteiger partial charge in [-0.3, -0.25) is 4.79 Å². The lowest BCUT2D eigenvalue weighted by atomic mass is 10.2. The van der Waals surface area contributed by atoms with Crippen molar-refractivity contribution in [2.45, 2.75) is 13.0 Å². The van der Waals surface area contributed by atoms with Gasteiger partial charge in [0.15, 0.2) is 0 Å². The van der Waals surface area contributed by atoms with Crippen LogP contribution in [0.2, 0.25) is 0 Å². The molecule has 0 saturated heterocycles. The van der Waals surface area contributed by atoms with E-state index in [4.69, 9.17) is 4.42 Å². The van der Waals surface area contributed by atoms with Gasteiger partial charge in [0.1, 0.15) is 11.3 Å². The summed E-state index contributed by atoms with van der Waals surface area (Å²) < 4.78 is 5.75. The van der Waals surface area contributed by atoms with Gasteiger partial charge in [0.05, 0.1) is 6.04 Å². The summed E-state index contributed by atoms with van der Waals surface area (Å²) in [5.41, 5.74) is 1.48. The first-order valence-corrected chi connectivity index (χ1v) is 6.58. The molecule has 3 rings (SSSR count). The third-order valence-corrected chi connectivity index (χ3v) is 3.25. The number of carbonyl (C=O) groups excluding carboxylic acids is 1. The minimum atomic E-state index is -0.171. The Balaban J connectivity index is 1.79. The van der Waals surface area contributed by atoms with Crippen LogP contribution >= 0.6 is 0 Å². The second-order valence-electron chi connectivity index (χ2n) is 4.75. The highest BCUT2D eigenvalue weighted by atomic mass is 16.3. The summed E-state index contributed by atoms with van der Waals surface area (Å²) in [6.07, 6.45) is 0. The molecular formula is C17H15NO2. The molecule has 3 nitrogen and oxygen atoms in total. The van der Waals surface area contributed by atoms with Gasteiger partial charge < -0.3 is 9.73 Å². The lowest BCUT2D eigenvalue weighted by Crippen LogP contribution is -2.26. The number of fused-ring (bicyclic) bond motifs is 1. The molecule has 1 unspecified atom stereocenters. The van der Waals surface area contributed by atoms with Gasteiger partial charge in [0.2, 0.25) is 0 Å². The number of para-hydroxylation sites is 1. The highest BCUT2D eigenvalue weighted by Gasteiger charge is 2.14. The van der Waals surface area contributed by atoms with Crippen LogP contribution < -0.4 is 5.32 Å². The zero-order chi connectivity index (χ0) is 13.9. The molecule has 2 aromatic carbocycles. The fraction of sp³-hybridized carbons (Fsp3) is 0.118. The van der Waals surface area contributed by atoms with Crippen LogP contribution in [0.1, 0.15) is 29.1 Å². The summed E-state index contributed by atoms with van der Waals surface area (Å²) in [6.45, 7) is 1.92. The topological polar surface area (TPSA) is 42.2 Å². The smallest absolute Gasteiger partial charge is 0.251 e. The number of rotatable bonds is 3. The zero-order valence-electron chi connectivity index (χ0n) is 11.2. The quantitative estimate of drug-likeness (QED) is 0.779. The van der Waals surface area contributed by atoms with E-state index in [0.29, 0.717) is 5.56 Å². The van der Waals surface area contributed by atoms with Gasteiger partial charge in [0.25, 0.3) is 5.91 Å². The summed E-state index contributed by atoms with van der Waals surface area (Å²) in [5.74, 6) is 0.661. The van der Waals surface area contributed by atoms with E-state index in [9.17, 15) is 4.79 Å². The maximum absolute atomic E-state index is 12.1. The predicted molar refractivity (Wildman–Crippen MR) is 78.5 cm³/mol. The molecule has 0 fully saturated rings. The van der Waals surface area contributed by atoms with Crippen LogP contribution in [0.15, 0.2) is 65.1 Å². The van der Waals surface area contributed by atoms with Crippen LogP contribution in [0.25, 0.3) is 11.0 Å². The Morgan fingerprint density at radius 1 is 1.05 bits per heavy atom. The van der Waals surface area contributed by atoms with Gasteiger partial charge in [-0.1, -0.05) is 36.4 Å². The molecule has 0 aliphatic carbocycles. The van der Waals surface area contributed by atoms with Crippen molar-refractivity contribution in [3.8, 4) is 0 Å². The zero-order valence-corrected chi connectivity index (χ0v) is 11.2. The normalized spacial score (nSPS) is 12.2. The molecule has 1 N–H and O–H groups in total. The number of hydrogen-bond donors (Lipinski definition) is 1. The van der Waals surface area contributed by atoms with Gasteiger partial charge in [-0.05, 0) is 31.2 Å². The fourth-order valence-corrected chi connectivity index (χ4v) is 2.16. The third kappa shape index (κ3) is 2.43. The molecule has 3 heteroatoms. The number of benzene rings is 2. The molecule has 0 saturated carbocycles. The molecule has 0 spiro atoms. The van der Waals surface area contributed by atoms with Gasteiger partial charge in [-0.25, -0.2) is 0 Å². The Morgan fingerprint density at radius 3 is 2.50 bits per heavy atom. The summed E-state index contributed by atoms with van der Waals surface area (Å²) in [6, 6.07) is 18.8.